The number of aryl methyl sites for hydroxylation is 1. The average molecular weight is 446 g/mol. The molecule has 0 amide bonds. The van der Waals surface area contributed by atoms with Crippen molar-refractivity contribution in [2.75, 3.05) is 14.2 Å². The van der Waals surface area contributed by atoms with Gasteiger partial charge >= 0.3 is 11.4 Å². The van der Waals surface area contributed by atoms with Crippen LogP contribution in [0.5, 0.6) is 17.2 Å². The number of methoxy groups -OCH3 is 2. The van der Waals surface area contributed by atoms with Gasteiger partial charge in [-0.1, -0.05) is 6.92 Å². The zero-order valence-electron chi connectivity index (χ0n) is 17.2. The van der Waals surface area contributed by atoms with Crippen LogP contribution < -0.4 is 9.47 Å². The number of pyridine rings is 1. The van der Waals surface area contributed by atoms with Crippen LogP contribution in [-0.2, 0) is 6.42 Å². The smallest absolute Gasteiger partial charge is 0.324 e. The Morgan fingerprint density at radius 3 is 1.88 bits per heavy atom. The van der Waals surface area contributed by atoms with E-state index in [0.717, 1.165) is 34.4 Å². The Hall–Kier alpha value is -4.55. The number of aromatic nitrogens is 1. The number of hydrogen-bond acceptors (Lipinski definition) is 10. The summed E-state index contributed by atoms with van der Waals surface area (Å²) in [6, 6.07) is 6.84. The molecule has 0 aliphatic heterocycles. The zero-order chi connectivity index (χ0) is 24.0. The number of non-ortho nitro benzene ring substituents is 1. The lowest BCUT2D eigenvalue weighted by Crippen LogP contribution is -1.97. The van der Waals surface area contributed by atoms with Crippen molar-refractivity contribution in [3.05, 3.63) is 72.6 Å². The molecule has 0 radical (unpaired) electrons. The van der Waals surface area contributed by atoms with Crippen molar-refractivity contribution in [1.82, 2.24) is 4.98 Å². The monoisotopic (exact) mass is 446 g/mol. The number of nitrogens with zero attached hydrogens (tertiary/aromatic N) is 4. The number of aromatic hydroxyl groups is 1. The van der Waals surface area contributed by atoms with Crippen LogP contribution in [0.2, 0.25) is 0 Å². The van der Waals surface area contributed by atoms with Crippen LogP contribution in [-0.4, -0.2) is 39.1 Å². The highest BCUT2D eigenvalue weighted by Gasteiger charge is 2.30. The van der Waals surface area contributed by atoms with E-state index in [0.29, 0.717) is 12.1 Å². The summed E-state index contributed by atoms with van der Waals surface area (Å²) in [6.07, 6.45) is 2.74. The van der Waals surface area contributed by atoms with Crippen LogP contribution in [0, 0.1) is 30.3 Å². The minimum absolute atomic E-state index is 0.447. The van der Waals surface area contributed by atoms with E-state index >= 15 is 0 Å². The van der Waals surface area contributed by atoms with Crippen LogP contribution in [0.1, 0.15) is 12.6 Å². The number of nitro benzene ring substituents is 3. The second kappa shape index (κ2) is 9.97. The minimum atomic E-state index is -1.21. The molecular formula is C19H18N4O9. The van der Waals surface area contributed by atoms with Gasteiger partial charge in [-0.15, -0.1) is 0 Å². The Balaban J connectivity index is 0.000000227. The summed E-state index contributed by atoms with van der Waals surface area (Å²) in [6.45, 7) is 2.10. The van der Waals surface area contributed by atoms with Crippen LogP contribution in [0.3, 0.4) is 0 Å². The van der Waals surface area contributed by atoms with Gasteiger partial charge < -0.3 is 14.6 Å². The van der Waals surface area contributed by atoms with Crippen molar-refractivity contribution in [3.63, 3.8) is 0 Å². The minimum Gasteiger partial charge on any atom is -0.497 e. The predicted molar refractivity (Wildman–Crippen MR) is 112 cm³/mol. The highest BCUT2D eigenvalue weighted by molar-refractivity contribution is 5.87. The number of nitro groups is 3. The molecular weight excluding hydrogens is 428 g/mol. The van der Waals surface area contributed by atoms with Crippen molar-refractivity contribution in [2.24, 2.45) is 0 Å². The van der Waals surface area contributed by atoms with Gasteiger partial charge in [0.2, 0.25) is 0 Å². The number of benzene rings is 2. The van der Waals surface area contributed by atoms with E-state index in [4.69, 9.17) is 14.6 Å². The van der Waals surface area contributed by atoms with Crippen molar-refractivity contribution < 1.29 is 29.4 Å². The van der Waals surface area contributed by atoms with Gasteiger partial charge in [-0.05, 0) is 30.0 Å². The first-order valence-electron chi connectivity index (χ1n) is 8.94. The maximum absolute atomic E-state index is 10.4. The topological polar surface area (TPSA) is 181 Å². The number of hydrogen-bond donors (Lipinski definition) is 1. The Bertz CT molecular complexity index is 1160. The van der Waals surface area contributed by atoms with Crippen molar-refractivity contribution in [3.8, 4) is 17.2 Å². The zero-order valence-corrected chi connectivity index (χ0v) is 17.2. The fraction of sp³-hybridized carbons (Fsp3) is 0.211. The van der Waals surface area contributed by atoms with Crippen LogP contribution in [0.4, 0.5) is 17.1 Å². The maximum atomic E-state index is 10.4. The molecule has 0 spiro atoms. The lowest BCUT2D eigenvalue weighted by molar-refractivity contribution is -0.404. The van der Waals surface area contributed by atoms with Crippen molar-refractivity contribution in [1.29, 1.82) is 0 Å². The lowest BCUT2D eigenvalue weighted by atomic mass is 10.1. The van der Waals surface area contributed by atoms with Gasteiger partial charge in [0.1, 0.15) is 0 Å². The predicted octanol–water partition coefficient (Wildman–Crippen LogP) is 3.93. The van der Waals surface area contributed by atoms with Crippen LogP contribution in [0.15, 0.2) is 36.5 Å². The highest BCUT2D eigenvalue weighted by atomic mass is 16.6. The third kappa shape index (κ3) is 4.95. The molecule has 0 fully saturated rings. The molecule has 1 N–H and O–H groups in total. The molecule has 0 unspecified atom stereocenters. The molecule has 0 saturated heterocycles. The SMILES string of the molecule is CCc1nccc2cc(OC)c(OC)cc12.O=[N+]([O-])c1cc([N+](=O)[O-])c(O)c([N+](=O)[O-])c1. The van der Waals surface area contributed by atoms with E-state index in [1.165, 1.54) is 0 Å². The molecule has 32 heavy (non-hydrogen) atoms. The molecule has 13 heteroatoms. The number of rotatable bonds is 6. The lowest BCUT2D eigenvalue weighted by Gasteiger charge is -2.10. The summed E-state index contributed by atoms with van der Waals surface area (Å²) < 4.78 is 10.6. The van der Waals surface area contributed by atoms with Crippen LogP contribution in [0.25, 0.3) is 10.8 Å². The first-order chi connectivity index (χ1) is 15.1. The first-order valence-corrected chi connectivity index (χ1v) is 8.94. The normalized spacial score (nSPS) is 10.1. The van der Waals surface area contributed by atoms with E-state index in [-0.39, 0.29) is 0 Å². The summed E-state index contributed by atoms with van der Waals surface area (Å²) in [5, 5.41) is 42.5. The number of phenols is 1. The number of phenolic OH excluding ortho intramolecular Hbond substituents is 1. The van der Waals surface area contributed by atoms with Gasteiger partial charge in [-0.3, -0.25) is 35.3 Å². The van der Waals surface area contributed by atoms with E-state index in [1.807, 2.05) is 24.4 Å². The summed E-state index contributed by atoms with van der Waals surface area (Å²) in [4.78, 5) is 32.1. The molecule has 0 saturated carbocycles. The largest absolute Gasteiger partial charge is 0.497 e. The van der Waals surface area contributed by atoms with E-state index in [9.17, 15) is 30.3 Å². The van der Waals surface area contributed by atoms with Gasteiger partial charge in [0.05, 0.1) is 41.1 Å². The molecule has 0 aliphatic carbocycles. The Morgan fingerprint density at radius 1 is 0.906 bits per heavy atom. The molecule has 1 aromatic heterocycles. The molecule has 3 rings (SSSR count). The second-order valence-corrected chi connectivity index (χ2v) is 6.14. The summed E-state index contributed by atoms with van der Waals surface area (Å²) >= 11 is 0. The third-order valence-corrected chi connectivity index (χ3v) is 4.34. The Labute approximate surface area is 180 Å². The maximum Gasteiger partial charge on any atom is 0.324 e. The van der Waals surface area contributed by atoms with Gasteiger partial charge in [0.15, 0.2) is 11.5 Å². The highest BCUT2D eigenvalue weighted by Crippen LogP contribution is 2.39. The van der Waals surface area contributed by atoms with E-state index in [2.05, 4.69) is 11.9 Å². The Kier molecular flexibility index (Phi) is 7.39. The van der Waals surface area contributed by atoms with Crippen LogP contribution >= 0.6 is 0 Å². The Morgan fingerprint density at radius 2 is 1.44 bits per heavy atom. The van der Waals surface area contributed by atoms with Crippen molar-refractivity contribution in [2.45, 2.75) is 13.3 Å². The summed E-state index contributed by atoms with van der Waals surface area (Å²) in [5.74, 6) is 0.293. The first kappa shape index (κ1) is 23.7. The number of ether oxygens (including phenoxy) is 2. The van der Waals surface area contributed by atoms with Gasteiger partial charge in [-0.25, -0.2) is 0 Å². The second-order valence-electron chi connectivity index (χ2n) is 6.14. The average Bonchev–Trinajstić information content (AvgIpc) is 2.77. The summed E-state index contributed by atoms with van der Waals surface area (Å²) in [7, 11) is 3.29. The molecule has 168 valence electrons. The van der Waals surface area contributed by atoms with E-state index in [1.54, 1.807) is 14.2 Å². The molecule has 1 heterocycles. The molecule has 0 bridgehead atoms. The van der Waals surface area contributed by atoms with Gasteiger partial charge in [-0.2, -0.15) is 0 Å². The molecule has 2 aromatic carbocycles. The molecule has 0 aliphatic rings. The number of fused-ring (bicyclic) bond motifs is 1. The third-order valence-electron chi connectivity index (χ3n) is 4.34. The quantitative estimate of drug-likeness (QED) is 0.430. The molecule has 0 atom stereocenters. The van der Waals surface area contributed by atoms with Crippen molar-refractivity contribution >= 4 is 27.8 Å². The fourth-order valence-electron chi connectivity index (χ4n) is 2.81. The van der Waals surface area contributed by atoms with Gasteiger partial charge in [0, 0.05) is 17.3 Å². The van der Waals surface area contributed by atoms with E-state index < -0.39 is 37.6 Å². The molecule has 3 aromatic rings. The summed E-state index contributed by atoms with van der Waals surface area (Å²) in [5.41, 5.74) is -1.92. The molecule has 13 nitrogen and oxygen atoms in total. The standard InChI is InChI=1S/C13H15NO2.C6H3N3O7/c1-4-11-10-8-13(16-3)12(15-2)7-9(10)5-6-14-11;10-6-4(8(13)14)1-3(7(11)12)2-5(6)9(15)16/h5-8H,4H2,1-3H3;1-2,10H. The fourth-order valence-corrected chi connectivity index (χ4v) is 2.81. The van der Waals surface area contributed by atoms with Gasteiger partial charge in [0.25, 0.3) is 11.4 Å².